The van der Waals surface area contributed by atoms with Crippen molar-refractivity contribution in [2.75, 3.05) is 6.54 Å². The average molecular weight is 258 g/mol. The van der Waals surface area contributed by atoms with Gasteiger partial charge in [-0.25, -0.2) is 0 Å². The number of ether oxygens (including phenoxy) is 1. The van der Waals surface area contributed by atoms with E-state index in [-0.39, 0.29) is 24.4 Å². The highest BCUT2D eigenvalue weighted by atomic mass is 16.5. The van der Waals surface area contributed by atoms with Crippen molar-refractivity contribution in [3.8, 4) is 6.07 Å². The topological polar surface area (TPSA) is 79.2 Å². The predicted molar refractivity (Wildman–Crippen MR) is 66.7 cm³/mol. The Bertz CT molecular complexity index is 524. The SMILES string of the molecule is N#Cc1ccccc1COC(=O)[C@@H]1CCC(=O)NC1. The van der Waals surface area contributed by atoms with Gasteiger partial charge in [-0.1, -0.05) is 18.2 Å². The Labute approximate surface area is 111 Å². The first kappa shape index (κ1) is 13.1. The lowest BCUT2D eigenvalue weighted by Gasteiger charge is -2.20. The number of nitriles is 1. The maximum absolute atomic E-state index is 11.8. The Balaban J connectivity index is 1.90. The molecule has 5 nitrogen and oxygen atoms in total. The van der Waals surface area contributed by atoms with Crippen LogP contribution in [0.4, 0.5) is 0 Å². The largest absolute Gasteiger partial charge is 0.460 e. The quantitative estimate of drug-likeness (QED) is 0.824. The van der Waals surface area contributed by atoms with Gasteiger partial charge in [0.05, 0.1) is 17.6 Å². The number of piperidine rings is 1. The smallest absolute Gasteiger partial charge is 0.311 e. The summed E-state index contributed by atoms with van der Waals surface area (Å²) < 4.78 is 5.20. The van der Waals surface area contributed by atoms with E-state index in [0.717, 1.165) is 0 Å². The second-order valence-electron chi connectivity index (χ2n) is 4.42. The molecule has 19 heavy (non-hydrogen) atoms. The Kier molecular flexibility index (Phi) is 4.14. The second kappa shape index (κ2) is 6.01. The number of benzene rings is 1. The van der Waals surface area contributed by atoms with Gasteiger partial charge >= 0.3 is 5.97 Å². The number of carbonyl (C=O) groups is 2. The average Bonchev–Trinajstić information content (AvgIpc) is 2.45. The first-order valence-corrected chi connectivity index (χ1v) is 6.12. The van der Waals surface area contributed by atoms with Gasteiger partial charge in [0.15, 0.2) is 0 Å². The summed E-state index contributed by atoms with van der Waals surface area (Å²) in [7, 11) is 0. The van der Waals surface area contributed by atoms with Crippen LogP contribution >= 0.6 is 0 Å². The van der Waals surface area contributed by atoms with Crippen molar-refractivity contribution in [3.63, 3.8) is 0 Å². The number of hydrogen-bond donors (Lipinski definition) is 1. The van der Waals surface area contributed by atoms with Crippen molar-refractivity contribution in [1.82, 2.24) is 5.32 Å². The molecule has 1 fully saturated rings. The van der Waals surface area contributed by atoms with Crippen molar-refractivity contribution < 1.29 is 14.3 Å². The van der Waals surface area contributed by atoms with Gasteiger partial charge in [0.1, 0.15) is 6.61 Å². The molecule has 1 aliphatic heterocycles. The molecular formula is C14H14N2O3. The van der Waals surface area contributed by atoms with Gasteiger partial charge in [-0.3, -0.25) is 9.59 Å². The van der Waals surface area contributed by atoms with Crippen molar-refractivity contribution in [3.05, 3.63) is 35.4 Å². The van der Waals surface area contributed by atoms with Gasteiger partial charge in [0.2, 0.25) is 5.91 Å². The second-order valence-corrected chi connectivity index (χ2v) is 4.42. The predicted octanol–water partition coefficient (Wildman–Crippen LogP) is 1.13. The lowest BCUT2D eigenvalue weighted by molar-refractivity contribution is -0.151. The van der Waals surface area contributed by atoms with E-state index in [4.69, 9.17) is 10.00 Å². The highest BCUT2D eigenvalue weighted by Crippen LogP contribution is 2.15. The maximum Gasteiger partial charge on any atom is 0.311 e. The molecule has 0 aromatic heterocycles. The first-order valence-electron chi connectivity index (χ1n) is 6.12. The van der Waals surface area contributed by atoms with Crippen molar-refractivity contribution in [2.24, 2.45) is 5.92 Å². The van der Waals surface area contributed by atoms with Crippen molar-refractivity contribution >= 4 is 11.9 Å². The minimum Gasteiger partial charge on any atom is -0.460 e. The summed E-state index contributed by atoms with van der Waals surface area (Å²) in [6, 6.07) is 9.06. The van der Waals surface area contributed by atoms with Crippen LogP contribution in [0.2, 0.25) is 0 Å². The van der Waals surface area contributed by atoms with Crippen LogP contribution in [0.15, 0.2) is 24.3 Å². The van der Waals surface area contributed by atoms with Crippen LogP contribution in [0.25, 0.3) is 0 Å². The molecule has 1 aliphatic rings. The summed E-state index contributed by atoms with van der Waals surface area (Å²) in [6.45, 7) is 0.421. The molecule has 0 radical (unpaired) electrons. The normalized spacial score (nSPS) is 18.3. The molecular weight excluding hydrogens is 244 g/mol. The lowest BCUT2D eigenvalue weighted by Crippen LogP contribution is -2.39. The fraction of sp³-hybridized carbons (Fsp3) is 0.357. The highest BCUT2D eigenvalue weighted by Gasteiger charge is 2.25. The van der Waals surface area contributed by atoms with Gasteiger partial charge in [-0.05, 0) is 12.5 Å². The zero-order valence-corrected chi connectivity index (χ0v) is 10.4. The first-order chi connectivity index (χ1) is 9.20. The Morgan fingerprint density at radius 2 is 2.26 bits per heavy atom. The summed E-state index contributed by atoms with van der Waals surface area (Å²) in [4.78, 5) is 22.8. The van der Waals surface area contributed by atoms with Crippen LogP contribution in [0, 0.1) is 17.2 Å². The number of amides is 1. The number of nitrogens with zero attached hydrogens (tertiary/aromatic N) is 1. The van der Waals surface area contributed by atoms with Gasteiger partial charge in [-0.15, -0.1) is 0 Å². The summed E-state index contributed by atoms with van der Waals surface area (Å²) in [6.07, 6.45) is 0.874. The van der Waals surface area contributed by atoms with Crippen LogP contribution in [0.1, 0.15) is 24.0 Å². The standard InChI is InChI=1S/C14H14N2O3/c15-7-10-3-1-2-4-12(10)9-19-14(18)11-5-6-13(17)16-8-11/h1-4,11H,5-6,8-9H2,(H,16,17)/t11-/m1/s1. The van der Waals surface area contributed by atoms with Crippen LogP contribution in [0.5, 0.6) is 0 Å². The molecule has 0 bridgehead atoms. The molecule has 1 N–H and O–H groups in total. The minimum atomic E-state index is -0.326. The third-order valence-corrected chi connectivity index (χ3v) is 3.11. The Morgan fingerprint density at radius 3 is 2.95 bits per heavy atom. The maximum atomic E-state index is 11.8. The molecule has 0 unspecified atom stereocenters. The number of nitrogens with one attached hydrogen (secondary N) is 1. The fourth-order valence-electron chi connectivity index (χ4n) is 1.96. The number of carbonyl (C=O) groups excluding carboxylic acids is 2. The highest BCUT2D eigenvalue weighted by molar-refractivity contribution is 5.80. The number of hydrogen-bond acceptors (Lipinski definition) is 4. The third kappa shape index (κ3) is 3.32. The molecule has 5 heteroatoms. The van der Waals surface area contributed by atoms with Crippen LogP contribution in [0.3, 0.4) is 0 Å². The molecule has 1 heterocycles. The van der Waals surface area contributed by atoms with E-state index >= 15 is 0 Å². The molecule has 1 saturated heterocycles. The molecule has 2 rings (SSSR count). The molecule has 98 valence electrons. The monoisotopic (exact) mass is 258 g/mol. The van der Waals surface area contributed by atoms with Gasteiger partial charge in [-0.2, -0.15) is 5.26 Å². The van der Waals surface area contributed by atoms with E-state index in [9.17, 15) is 9.59 Å². The molecule has 1 amide bonds. The van der Waals surface area contributed by atoms with Gasteiger partial charge in [0.25, 0.3) is 0 Å². The summed E-state index contributed by atoms with van der Waals surface area (Å²) in [5.41, 5.74) is 1.20. The molecule has 1 aromatic rings. The summed E-state index contributed by atoms with van der Waals surface area (Å²) in [5.74, 6) is -0.640. The molecule has 0 saturated carbocycles. The fourth-order valence-corrected chi connectivity index (χ4v) is 1.96. The van der Waals surface area contributed by atoms with E-state index in [1.807, 2.05) is 0 Å². The van der Waals surface area contributed by atoms with Crippen LogP contribution in [-0.2, 0) is 20.9 Å². The molecule has 1 atom stereocenters. The number of esters is 1. The van der Waals surface area contributed by atoms with E-state index in [1.165, 1.54) is 0 Å². The van der Waals surface area contributed by atoms with E-state index in [1.54, 1.807) is 24.3 Å². The van der Waals surface area contributed by atoms with Gasteiger partial charge in [0, 0.05) is 18.5 Å². The number of rotatable bonds is 3. The molecule has 1 aromatic carbocycles. The summed E-state index contributed by atoms with van der Waals surface area (Å²) >= 11 is 0. The Morgan fingerprint density at radius 1 is 1.47 bits per heavy atom. The third-order valence-electron chi connectivity index (χ3n) is 3.11. The lowest BCUT2D eigenvalue weighted by atomic mass is 9.99. The van der Waals surface area contributed by atoms with E-state index in [0.29, 0.717) is 30.5 Å². The van der Waals surface area contributed by atoms with Gasteiger partial charge < -0.3 is 10.1 Å². The van der Waals surface area contributed by atoms with Crippen LogP contribution < -0.4 is 5.32 Å². The zero-order chi connectivity index (χ0) is 13.7. The Hall–Kier alpha value is -2.35. The zero-order valence-electron chi connectivity index (χ0n) is 10.4. The molecule has 0 spiro atoms. The van der Waals surface area contributed by atoms with Crippen molar-refractivity contribution in [2.45, 2.75) is 19.4 Å². The van der Waals surface area contributed by atoms with E-state index in [2.05, 4.69) is 11.4 Å². The molecule has 0 aliphatic carbocycles. The van der Waals surface area contributed by atoms with Crippen molar-refractivity contribution in [1.29, 1.82) is 5.26 Å². The van der Waals surface area contributed by atoms with E-state index < -0.39 is 0 Å². The minimum absolute atomic E-state index is 0.0288. The summed E-state index contributed by atoms with van der Waals surface area (Å²) in [5, 5.41) is 11.6. The van der Waals surface area contributed by atoms with Crippen LogP contribution in [-0.4, -0.2) is 18.4 Å².